The molecule has 1 atom stereocenters. The minimum atomic E-state index is -0.386. The lowest BCUT2D eigenvalue weighted by atomic mass is 9.47. The summed E-state index contributed by atoms with van der Waals surface area (Å²) in [5.41, 5.74) is 1.74. The fourth-order valence-corrected chi connectivity index (χ4v) is 7.14. The second kappa shape index (κ2) is 7.67. The molecule has 0 unspecified atom stereocenters. The van der Waals surface area contributed by atoms with Crippen LogP contribution < -0.4 is 5.32 Å². The van der Waals surface area contributed by atoms with E-state index in [1.807, 2.05) is 36.1 Å². The van der Waals surface area contributed by atoms with E-state index in [9.17, 15) is 9.59 Å². The van der Waals surface area contributed by atoms with Crippen molar-refractivity contribution < 1.29 is 9.59 Å². The van der Waals surface area contributed by atoms with Gasteiger partial charge in [-0.25, -0.2) is 0 Å². The van der Waals surface area contributed by atoms with E-state index in [0.717, 1.165) is 68.8 Å². The highest BCUT2D eigenvalue weighted by molar-refractivity contribution is 5.98. The maximum atomic E-state index is 13.8. The third kappa shape index (κ3) is 3.66. The number of carbonyl (C=O) groups is 2. The molecule has 30 heavy (non-hydrogen) atoms. The van der Waals surface area contributed by atoms with Crippen LogP contribution in [0.2, 0.25) is 0 Å². The molecular formula is C25H35N3O2. The van der Waals surface area contributed by atoms with Crippen molar-refractivity contribution in [3.8, 4) is 0 Å². The largest absolute Gasteiger partial charge is 0.340 e. The first kappa shape index (κ1) is 20.0. The molecule has 0 radical (unpaired) electrons. The van der Waals surface area contributed by atoms with Crippen molar-refractivity contribution in [1.29, 1.82) is 0 Å². The topological polar surface area (TPSA) is 52.7 Å². The predicted octanol–water partition coefficient (Wildman–Crippen LogP) is 3.08. The molecule has 4 aliphatic carbocycles. The molecule has 1 heterocycles. The maximum Gasteiger partial charge on any atom is 0.251 e. The Bertz CT molecular complexity index is 775. The van der Waals surface area contributed by atoms with Gasteiger partial charge in [0.05, 0.1) is 0 Å². The Balaban J connectivity index is 1.42. The zero-order chi connectivity index (χ0) is 20.9. The normalized spacial score (nSPS) is 34.1. The fraction of sp³-hybridized carbons (Fsp3) is 0.680. The summed E-state index contributed by atoms with van der Waals surface area (Å²) in [6.45, 7) is 5.37. The van der Waals surface area contributed by atoms with Crippen molar-refractivity contribution in [2.45, 2.75) is 51.5 Å². The summed E-state index contributed by atoms with van der Waals surface area (Å²) in [6, 6.07) is 7.31. The second-order valence-electron chi connectivity index (χ2n) is 10.7. The van der Waals surface area contributed by atoms with E-state index in [4.69, 9.17) is 0 Å². The van der Waals surface area contributed by atoms with E-state index < -0.39 is 0 Å². The van der Waals surface area contributed by atoms with E-state index in [1.165, 1.54) is 19.3 Å². The van der Waals surface area contributed by atoms with Crippen LogP contribution in [0.1, 0.15) is 54.4 Å². The summed E-state index contributed by atoms with van der Waals surface area (Å²) in [5, 5.41) is 3.27. The summed E-state index contributed by atoms with van der Waals surface area (Å²) in [4.78, 5) is 31.3. The average Bonchev–Trinajstić information content (AvgIpc) is 2.71. The summed E-state index contributed by atoms with van der Waals surface area (Å²) in [5.74, 6) is 2.30. The molecule has 2 amide bonds. The number of aryl methyl sites for hydroxylation is 1. The van der Waals surface area contributed by atoms with Crippen molar-refractivity contribution in [3.63, 3.8) is 0 Å². The van der Waals surface area contributed by atoms with E-state index in [0.29, 0.717) is 5.56 Å². The molecule has 5 nitrogen and oxygen atoms in total. The summed E-state index contributed by atoms with van der Waals surface area (Å²) in [6.07, 6.45) is 7.33. The van der Waals surface area contributed by atoms with E-state index in [1.54, 1.807) is 0 Å². The molecule has 5 aliphatic rings. The number of piperazine rings is 1. The van der Waals surface area contributed by atoms with Gasteiger partial charge in [0.2, 0.25) is 5.91 Å². The first-order valence-electron chi connectivity index (χ1n) is 11.8. The third-order valence-electron chi connectivity index (χ3n) is 8.35. The molecule has 1 aliphatic heterocycles. The molecule has 1 saturated heterocycles. The van der Waals surface area contributed by atoms with Crippen LogP contribution in [0, 0.1) is 30.1 Å². The van der Waals surface area contributed by atoms with Crippen molar-refractivity contribution in [2.75, 3.05) is 33.2 Å². The summed E-state index contributed by atoms with van der Waals surface area (Å²) in [7, 11) is 2.11. The van der Waals surface area contributed by atoms with Crippen LogP contribution >= 0.6 is 0 Å². The molecule has 5 heteroatoms. The third-order valence-corrected chi connectivity index (χ3v) is 8.35. The minimum absolute atomic E-state index is 0.0461. The highest BCUT2D eigenvalue weighted by Gasteiger charge is 2.57. The van der Waals surface area contributed by atoms with Crippen LogP contribution in [0.4, 0.5) is 0 Å². The molecule has 1 aromatic carbocycles. The van der Waals surface area contributed by atoms with E-state index in [2.05, 4.69) is 17.3 Å². The molecule has 6 rings (SSSR count). The predicted molar refractivity (Wildman–Crippen MR) is 117 cm³/mol. The monoisotopic (exact) mass is 409 g/mol. The smallest absolute Gasteiger partial charge is 0.251 e. The minimum Gasteiger partial charge on any atom is -0.340 e. The van der Waals surface area contributed by atoms with Crippen LogP contribution in [-0.4, -0.2) is 60.9 Å². The molecule has 162 valence electrons. The Kier molecular flexibility index (Phi) is 5.12. The SMILES string of the molecule is Cc1ccc(C(=O)N[C@@H](C(=O)N2CCN(C)CC2)C23CC4CC(CC(C4)C2)C3)cc1. The van der Waals surface area contributed by atoms with Crippen molar-refractivity contribution in [1.82, 2.24) is 15.1 Å². The van der Waals surface area contributed by atoms with Gasteiger partial charge >= 0.3 is 0 Å². The van der Waals surface area contributed by atoms with E-state index >= 15 is 0 Å². The maximum absolute atomic E-state index is 13.8. The Morgan fingerprint density at radius 2 is 1.47 bits per heavy atom. The van der Waals surface area contributed by atoms with Gasteiger partial charge in [0.25, 0.3) is 5.91 Å². The van der Waals surface area contributed by atoms with Crippen LogP contribution in [0.25, 0.3) is 0 Å². The van der Waals surface area contributed by atoms with Gasteiger partial charge in [-0.3, -0.25) is 9.59 Å². The number of nitrogens with one attached hydrogen (secondary N) is 1. The Hall–Kier alpha value is -1.88. The molecule has 1 aromatic rings. The highest BCUT2D eigenvalue weighted by atomic mass is 16.2. The first-order chi connectivity index (χ1) is 14.4. The lowest BCUT2D eigenvalue weighted by molar-refractivity contribution is -0.146. The Morgan fingerprint density at radius 1 is 0.933 bits per heavy atom. The number of rotatable bonds is 4. The van der Waals surface area contributed by atoms with Crippen LogP contribution in [0.15, 0.2) is 24.3 Å². The lowest BCUT2D eigenvalue weighted by Crippen LogP contribution is -2.64. The number of hydrogen-bond acceptors (Lipinski definition) is 3. The number of amides is 2. The molecule has 5 fully saturated rings. The van der Waals surface area contributed by atoms with Crippen molar-refractivity contribution >= 4 is 11.8 Å². The van der Waals surface area contributed by atoms with Gasteiger partial charge in [0, 0.05) is 37.2 Å². The number of benzene rings is 1. The van der Waals surface area contributed by atoms with Crippen molar-refractivity contribution in [2.24, 2.45) is 23.2 Å². The quantitative estimate of drug-likeness (QED) is 0.832. The zero-order valence-corrected chi connectivity index (χ0v) is 18.4. The molecule has 1 N–H and O–H groups in total. The molecule has 0 spiro atoms. The standard InChI is InChI=1S/C25H35N3O2/c1-17-3-5-21(6-4-17)23(29)26-22(24(30)28-9-7-27(2)8-10-28)25-14-18-11-19(15-25)13-20(12-18)16-25/h3-6,18-20,22H,7-16H2,1-2H3,(H,26,29)/t18?,19?,20?,22-,25?/m0/s1. The van der Waals surface area contributed by atoms with Crippen LogP contribution in [-0.2, 0) is 4.79 Å². The number of carbonyl (C=O) groups excluding carboxylic acids is 2. The van der Waals surface area contributed by atoms with Gasteiger partial charge in [-0.05, 0) is 82.4 Å². The molecule has 0 aromatic heterocycles. The van der Waals surface area contributed by atoms with Crippen LogP contribution in [0.3, 0.4) is 0 Å². The van der Waals surface area contributed by atoms with Gasteiger partial charge < -0.3 is 15.1 Å². The number of hydrogen-bond donors (Lipinski definition) is 1. The van der Waals surface area contributed by atoms with Gasteiger partial charge in [0.1, 0.15) is 6.04 Å². The first-order valence-corrected chi connectivity index (χ1v) is 11.8. The summed E-state index contributed by atoms with van der Waals surface area (Å²) >= 11 is 0. The second-order valence-corrected chi connectivity index (χ2v) is 10.7. The van der Waals surface area contributed by atoms with Gasteiger partial charge in [-0.2, -0.15) is 0 Å². The summed E-state index contributed by atoms with van der Waals surface area (Å²) < 4.78 is 0. The number of likely N-dealkylation sites (N-methyl/N-ethyl adjacent to an activating group) is 1. The van der Waals surface area contributed by atoms with Crippen molar-refractivity contribution in [3.05, 3.63) is 35.4 Å². The van der Waals surface area contributed by atoms with Gasteiger partial charge in [-0.15, -0.1) is 0 Å². The lowest BCUT2D eigenvalue weighted by Gasteiger charge is -2.59. The number of nitrogens with zero attached hydrogens (tertiary/aromatic N) is 2. The zero-order valence-electron chi connectivity index (χ0n) is 18.4. The fourth-order valence-electron chi connectivity index (χ4n) is 7.14. The molecule has 4 saturated carbocycles. The average molecular weight is 410 g/mol. The molecular weight excluding hydrogens is 374 g/mol. The van der Waals surface area contributed by atoms with E-state index in [-0.39, 0.29) is 23.3 Å². The van der Waals surface area contributed by atoms with Gasteiger partial charge in [-0.1, -0.05) is 17.7 Å². The Labute approximate surface area is 180 Å². The van der Waals surface area contributed by atoms with Gasteiger partial charge in [0.15, 0.2) is 0 Å². The molecule has 4 bridgehead atoms. The highest BCUT2D eigenvalue weighted by Crippen LogP contribution is 2.61. The van der Waals surface area contributed by atoms with Crippen LogP contribution in [0.5, 0.6) is 0 Å². The Morgan fingerprint density at radius 3 is 2.00 bits per heavy atom.